The van der Waals surface area contributed by atoms with E-state index in [1.54, 1.807) is 14.2 Å². The minimum absolute atomic E-state index is 0.887. The van der Waals surface area contributed by atoms with Crippen LogP contribution in [0.2, 0.25) is 0 Å². The molecule has 0 aromatic heterocycles. The van der Waals surface area contributed by atoms with E-state index in [4.69, 9.17) is 9.47 Å². The van der Waals surface area contributed by atoms with Crippen molar-refractivity contribution in [1.29, 1.82) is 0 Å². The van der Waals surface area contributed by atoms with Gasteiger partial charge >= 0.3 is 0 Å². The van der Waals surface area contributed by atoms with Crippen LogP contribution in [0.3, 0.4) is 0 Å². The fraction of sp³-hybridized carbons (Fsp3) is 0.333. The Morgan fingerprint density at radius 1 is 0.700 bits per heavy atom. The van der Waals surface area contributed by atoms with Gasteiger partial charge in [-0.2, -0.15) is 0 Å². The van der Waals surface area contributed by atoms with Gasteiger partial charge in [0.2, 0.25) is 0 Å². The summed E-state index contributed by atoms with van der Waals surface area (Å²) in [6, 6.07) is 8.35. The van der Waals surface area contributed by atoms with Gasteiger partial charge in [0.25, 0.3) is 0 Å². The molecular weight excluding hydrogens is 248 g/mol. The number of methoxy groups -OCH3 is 2. The van der Waals surface area contributed by atoms with Crippen LogP contribution in [-0.4, -0.2) is 14.2 Å². The van der Waals surface area contributed by atoms with Crippen LogP contribution in [0.1, 0.15) is 22.3 Å². The summed E-state index contributed by atoms with van der Waals surface area (Å²) in [6.45, 7) is 8.50. The highest BCUT2D eigenvalue weighted by Gasteiger charge is 2.17. The summed E-state index contributed by atoms with van der Waals surface area (Å²) in [6.07, 6.45) is 0. The van der Waals surface area contributed by atoms with Gasteiger partial charge in [0.1, 0.15) is 11.5 Å². The van der Waals surface area contributed by atoms with Crippen molar-refractivity contribution in [2.45, 2.75) is 27.7 Å². The lowest BCUT2D eigenvalue weighted by Crippen LogP contribution is -1.98. The van der Waals surface area contributed by atoms with Crippen LogP contribution < -0.4 is 9.47 Å². The second-order valence-electron chi connectivity index (χ2n) is 5.24. The zero-order valence-electron chi connectivity index (χ0n) is 13.1. The fourth-order valence-corrected chi connectivity index (χ4v) is 2.94. The van der Waals surface area contributed by atoms with Crippen LogP contribution in [0.4, 0.5) is 0 Å². The zero-order chi connectivity index (χ0) is 14.9. The Morgan fingerprint density at radius 2 is 1.20 bits per heavy atom. The first kappa shape index (κ1) is 14.4. The van der Waals surface area contributed by atoms with E-state index in [2.05, 4.69) is 39.8 Å². The quantitative estimate of drug-likeness (QED) is 0.811. The van der Waals surface area contributed by atoms with Gasteiger partial charge in [-0.3, -0.25) is 0 Å². The maximum atomic E-state index is 5.56. The molecule has 0 spiro atoms. The Labute approximate surface area is 121 Å². The molecule has 0 atom stereocenters. The molecule has 0 N–H and O–H groups in total. The van der Waals surface area contributed by atoms with Crippen molar-refractivity contribution in [3.8, 4) is 22.6 Å². The third-order valence-electron chi connectivity index (χ3n) is 3.74. The monoisotopic (exact) mass is 270 g/mol. The van der Waals surface area contributed by atoms with Crippen molar-refractivity contribution in [3.63, 3.8) is 0 Å². The first-order valence-corrected chi connectivity index (χ1v) is 6.79. The highest BCUT2D eigenvalue weighted by Crippen LogP contribution is 2.41. The summed E-state index contributed by atoms with van der Waals surface area (Å²) < 4.78 is 11.0. The third kappa shape index (κ3) is 2.38. The summed E-state index contributed by atoms with van der Waals surface area (Å²) in [5.74, 6) is 1.78. The summed E-state index contributed by atoms with van der Waals surface area (Å²) in [7, 11) is 3.41. The Balaban J connectivity index is 2.81. The number of benzene rings is 2. The highest BCUT2D eigenvalue weighted by atomic mass is 16.5. The molecular formula is C18H22O2. The molecule has 0 radical (unpaired) electrons. The Bertz CT molecular complexity index is 619. The summed E-state index contributed by atoms with van der Waals surface area (Å²) in [4.78, 5) is 0. The molecule has 2 aromatic carbocycles. The Morgan fingerprint density at radius 3 is 1.70 bits per heavy atom. The lowest BCUT2D eigenvalue weighted by atomic mass is 9.90. The normalized spacial score (nSPS) is 10.5. The minimum atomic E-state index is 0.887. The van der Waals surface area contributed by atoms with Crippen LogP contribution in [-0.2, 0) is 0 Å². The average Bonchev–Trinajstić information content (AvgIpc) is 2.39. The minimum Gasteiger partial charge on any atom is -0.496 e. The molecule has 0 aliphatic rings. The Hall–Kier alpha value is -1.96. The second-order valence-corrected chi connectivity index (χ2v) is 5.24. The predicted molar refractivity (Wildman–Crippen MR) is 83.9 cm³/mol. The van der Waals surface area contributed by atoms with E-state index >= 15 is 0 Å². The molecule has 0 unspecified atom stereocenters. The van der Waals surface area contributed by atoms with Crippen molar-refractivity contribution in [2.24, 2.45) is 0 Å². The number of hydrogen-bond acceptors (Lipinski definition) is 2. The lowest BCUT2D eigenvalue weighted by molar-refractivity contribution is 0.402. The highest BCUT2D eigenvalue weighted by molar-refractivity contribution is 5.81. The van der Waals surface area contributed by atoms with Gasteiger partial charge in [-0.15, -0.1) is 0 Å². The fourth-order valence-electron chi connectivity index (χ4n) is 2.94. The standard InChI is InChI=1S/C18H22O2/c1-11-9-12(2)17(13(3)10-11)18-14(4)15(19-5)7-8-16(18)20-6/h7-10H,1-6H3. The number of ether oxygens (including phenoxy) is 2. The van der Waals surface area contributed by atoms with Crippen molar-refractivity contribution < 1.29 is 9.47 Å². The number of rotatable bonds is 3. The van der Waals surface area contributed by atoms with Gasteiger partial charge in [-0.25, -0.2) is 0 Å². The molecule has 2 nitrogen and oxygen atoms in total. The molecule has 0 aliphatic carbocycles. The summed E-state index contributed by atoms with van der Waals surface area (Å²) in [5, 5.41) is 0. The molecule has 0 saturated heterocycles. The molecule has 20 heavy (non-hydrogen) atoms. The van der Waals surface area contributed by atoms with Gasteiger partial charge in [-0.05, 0) is 56.5 Å². The average molecular weight is 270 g/mol. The predicted octanol–water partition coefficient (Wildman–Crippen LogP) is 4.60. The molecule has 0 heterocycles. The topological polar surface area (TPSA) is 18.5 Å². The molecule has 0 amide bonds. The largest absolute Gasteiger partial charge is 0.496 e. The molecule has 2 heteroatoms. The number of hydrogen-bond donors (Lipinski definition) is 0. The van der Waals surface area contributed by atoms with Gasteiger partial charge in [0.15, 0.2) is 0 Å². The van der Waals surface area contributed by atoms with Crippen LogP contribution in [0.25, 0.3) is 11.1 Å². The molecule has 0 saturated carbocycles. The summed E-state index contributed by atoms with van der Waals surface area (Å²) >= 11 is 0. The third-order valence-corrected chi connectivity index (χ3v) is 3.74. The van der Waals surface area contributed by atoms with Crippen LogP contribution in [0.15, 0.2) is 24.3 Å². The first-order chi connectivity index (χ1) is 9.49. The molecule has 0 aliphatic heterocycles. The number of aryl methyl sites for hydroxylation is 3. The SMILES string of the molecule is COc1ccc(OC)c(-c2c(C)cc(C)cc2C)c1C. The first-order valence-electron chi connectivity index (χ1n) is 6.79. The van der Waals surface area contributed by atoms with Crippen LogP contribution in [0, 0.1) is 27.7 Å². The van der Waals surface area contributed by atoms with Crippen molar-refractivity contribution in [3.05, 3.63) is 46.5 Å². The van der Waals surface area contributed by atoms with Gasteiger partial charge in [0, 0.05) is 11.1 Å². The smallest absolute Gasteiger partial charge is 0.127 e. The Kier molecular flexibility index (Phi) is 4.03. The van der Waals surface area contributed by atoms with Crippen molar-refractivity contribution in [2.75, 3.05) is 14.2 Å². The van der Waals surface area contributed by atoms with Crippen molar-refractivity contribution >= 4 is 0 Å². The van der Waals surface area contributed by atoms with Crippen molar-refractivity contribution in [1.82, 2.24) is 0 Å². The lowest BCUT2D eigenvalue weighted by Gasteiger charge is -2.19. The van der Waals surface area contributed by atoms with Crippen LogP contribution in [0.5, 0.6) is 11.5 Å². The van der Waals surface area contributed by atoms with E-state index in [1.807, 2.05) is 12.1 Å². The maximum absolute atomic E-state index is 5.56. The van der Waals surface area contributed by atoms with Gasteiger partial charge in [-0.1, -0.05) is 17.7 Å². The zero-order valence-corrected chi connectivity index (χ0v) is 13.1. The maximum Gasteiger partial charge on any atom is 0.127 e. The van der Waals surface area contributed by atoms with Crippen LogP contribution >= 0.6 is 0 Å². The van der Waals surface area contributed by atoms with Gasteiger partial charge in [0.05, 0.1) is 14.2 Å². The summed E-state index contributed by atoms with van der Waals surface area (Å²) in [5.41, 5.74) is 7.28. The van der Waals surface area contributed by atoms with E-state index in [-0.39, 0.29) is 0 Å². The van der Waals surface area contributed by atoms with Gasteiger partial charge < -0.3 is 9.47 Å². The molecule has 2 rings (SSSR count). The molecule has 0 bridgehead atoms. The van der Waals surface area contributed by atoms with E-state index in [1.165, 1.54) is 22.3 Å². The van der Waals surface area contributed by atoms with E-state index in [0.29, 0.717) is 0 Å². The molecule has 2 aromatic rings. The molecule has 0 fully saturated rings. The molecule has 106 valence electrons. The van der Waals surface area contributed by atoms with E-state index in [9.17, 15) is 0 Å². The van der Waals surface area contributed by atoms with E-state index in [0.717, 1.165) is 22.6 Å². The van der Waals surface area contributed by atoms with E-state index < -0.39 is 0 Å². The second kappa shape index (κ2) is 5.58.